The first-order chi connectivity index (χ1) is 6.79. The molecule has 14 heavy (non-hydrogen) atoms. The molecule has 0 saturated carbocycles. The number of nitrogens with one attached hydrogen (secondary N) is 2. The molecule has 0 aliphatic rings. The first kappa shape index (κ1) is 11.7. The summed E-state index contributed by atoms with van der Waals surface area (Å²) < 4.78 is 0. The van der Waals surface area contributed by atoms with Gasteiger partial charge in [0.2, 0.25) is 0 Å². The highest BCUT2D eigenvalue weighted by Crippen LogP contribution is 2.04. The highest BCUT2D eigenvalue weighted by Gasteiger charge is 1.94. The minimum atomic E-state index is -0.258. The van der Waals surface area contributed by atoms with Gasteiger partial charge in [-0.3, -0.25) is 0 Å². The van der Waals surface area contributed by atoms with Crippen molar-refractivity contribution in [2.24, 2.45) is 0 Å². The highest BCUT2D eigenvalue weighted by molar-refractivity contribution is 7.07. The molecular formula is C10H18N2OS. The first-order valence-corrected chi connectivity index (χ1v) is 5.84. The zero-order valence-corrected chi connectivity index (χ0v) is 9.31. The Morgan fingerprint density at radius 2 is 2.21 bits per heavy atom. The lowest BCUT2D eigenvalue weighted by Gasteiger charge is -2.07. The summed E-state index contributed by atoms with van der Waals surface area (Å²) in [6.07, 6.45) is -0.258. The summed E-state index contributed by atoms with van der Waals surface area (Å²) in [6, 6.07) is 2.13. The molecule has 80 valence electrons. The molecule has 1 rings (SSSR count). The van der Waals surface area contributed by atoms with Crippen molar-refractivity contribution >= 4 is 11.3 Å². The molecule has 1 aromatic rings. The van der Waals surface area contributed by atoms with E-state index in [4.69, 9.17) is 5.11 Å². The summed E-state index contributed by atoms with van der Waals surface area (Å²) in [5, 5.41) is 19.7. The number of hydrogen-bond donors (Lipinski definition) is 3. The molecule has 1 atom stereocenters. The molecule has 0 spiro atoms. The van der Waals surface area contributed by atoms with E-state index >= 15 is 0 Å². The van der Waals surface area contributed by atoms with Crippen molar-refractivity contribution in [2.75, 3.05) is 19.6 Å². The molecule has 0 aliphatic heterocycles. The zero-order chi connectivity index (χ0) is 10.2. The third kappa shape index (κ3) is 5.34. The number of thiophene rings is 1. The molecule has 0 radical (unpaired) electrons. The molecule has 3 N–H and O–H groups in total. The molecule has 4 heteroatoms. The minimum Gasteiger partial charge on any atom is -0.392 e. The van der Waals surface area contributed by atoms with E-state index in [0.29, 0.717) is 6.54 Å². The fourth-order valence-corrected chi connectivity index (χ4v) is 1.78. The largest absolute Gasteiger partial charge is 0.392 e. The van der Waals surface area contributed by atoms with Crippen LogP contribution in [0.5, 0.6) is 0 Å². The van der Waals surface area contributed by atoms with Gasteiger partial charge in [-0.2, -0.15) is 11.3 Å². The monoisotopic (exact) mass is 214 g/mol. The van der Waals surface area contributed by atoms with Gasteiger partial charge in [-0.25, -0.2) is 0 Å². The van der Waals surface area contributed by atoms with Crippen molar-refractivity contribution in [3.63, 3.8) is 0 Å². The van der Waals surface area contributed by atoms with Crippen LogP contribution in [0.25, 0.3) is 0 Å². The van der Waals surface area contributed by atoms with E-state index in [0.717, 1.165) is 19.6 Å². The number of hydrogen-bond acceptors (Lipinski definition) is 4. The lowest BCUT2D eigenvalue weighted by Crippen LogP contribution is -2.31. The summed E-state index contributed by atoms with van der Waals surface area (Å²) >= 11 is 1.72. The lowest BCUT2D eigenvalue weighted by molar-refractivity contribution is 0.191. The van der Waals surface area contributed by atoms with E-state index in [1.165, 1.54) is 5.56 Å². The second-order valence-electron chi connectivity index (χ2n) is 3.36. The van der Waals surface area contributed by atoms with Gasteiger partial charge in [-0.05, 0) is 29.3 Å². The Morgan fingerprint density at radius 3 is 2.86 bits per heavy atom. The Hall–Kier alpha value is -0.420. The zero-order valence-electron chi connectivity index (χ0n) is 8.49. The van der Waals surface area contributed by atoms with Crippen molar-refractivity contribution in [2.45, 2.75) is 19.6 Å². The van der Waals surface area contributed by atoms with Crippen LogP contribution in [0, 0.1) is 0 Å². The Labute approximate surface area is 89.2 Å². The van der Waals surface area contributed by atoms with Crippen LogP contribution in [-0.4, -0.2) is 30.8 Å². The molecule has 1 heterocycles. The SMILES string of the molecule is C[C@H](O)CNCCNCc1ccsc1. The minimum absolute atomic E-state index is 0.258. The number of rotatable bonds is 7. The summed E-state index contributed by atoms with van der Waals surface area (Å²) in [5.41, 5.74) is 1.34. The summed E-state index contributed by atoms with van der Waals surface area (Å²) in [6.45, 7) is 5.21. The van der Waals surface area contributed by atoms with E-state index in [1.54, 1.807) is 18.3 Å². The quantitative estimate of drug-likeness (QED) is 0.589. The van der Waals surface area contributed by atoms with E-state index in [1.807, 2.05) is 0 Å². The van der Waals surface area contributed by atoms with Crippen molar-refractivity contribution in [3.8, 4) is 0 Å². The van der Waals surface area contributed by atoms with Crippen LogP contribution in [-0.2, 0) is 6.54 Å². The Morgan fingerprint density at radius 1 is 1.43 bits per heavy atom. The average Bonchev–Trinajstić information content (AvgIpc) is 2.63. The maximum Gasteiger partial charge on any atom is 0.0636 e. The van der Waals surface area contributed by atoms with Crippen molar-refractivity contribution in [3.05, 3.63) is 22.4 Å². The lowest BCUT2D eigenvalue weighted by atomic mass is 10.3. The van der Waals surface area contributed by atoms with E-state index in [2.05, 4.69) is 27.5 Å². The normalized spacial score (nSPS) is 13.0. The Balaban J connectivity index is 1.90. The average molecular weight is 214 g/mol. The summed E-state index contributed by atoms with van der Waals surface area (Å²) in [7, 11) is 0. The number of aliphatic hydroxyl groups is 1. The molecular weight excluding hydrogens is 196 g/mol. The molecule has 0 fully saturated rings. The summed E-state index contributed by atoms with van der Waals surface area (Å²) in [4.78, 5) is 0. The van der Waals surface area contributed by atoms with Crippen molar-refractivity contribution in [1.29, 1.82) is 0 Å². The topological polar surface area (TPSA) is 44.3 Å². The maximum atomic E-state index is 8.98. The smallest absolute Gasteiger partial charge is 0.0636 e. The van der Waals surface area contributed by atoms with Crippen LogP contribution in [0.3, 0.4) is 0 Å². The molecule has 0 aromatic carbocycles. The predicted octanol–water partition coefficient (Wildman–Crippen LogP) is 0.808. The summed E-state index contributed by atoms with van der Waals surface area (Å²) in [5.74, 6) is 0. The van der Waals surface area contributed by atoms with Crippen LogP contribution >= 0.6 is 11.3 Å². The molecule has 0 unspecified atom stereocenters. The standard InChI is InChI=1S/C10H18N2OS/c1-9(13)6-11-3-4-12-7-10-2-5-14-8-10/h2,5,8-9,11-13H,3-4,6-7H2,1H3/t9-/m0/s1. The third-order valence-corrected chi connectivity index (χ3v) is 2.56. The maximum absolute atomic E-state index is 8.98. The molecule has 0 amide bonds. The van der Waals surface area contributed by atoms with Crippen LogP contribution < -0.4 is 10.6 Å². The molecule has 0 saturated heterocycles. The Kier molecular flexibility index (Phi) is 5.78. The Bertz CT molecular complexity index is 224. The highest BCUT2D eigenvalue weighted by atomic mass is 32.1. The molecule has 1 aromatic heterocycles. The van der Waals surface area contributed by atoms with Gasteiger partial charge in [-0.1, -0.05) is 0 Å². The van der Waals surface area contributed by atoms with Gasteiger partial charge >= 0.3 is 0 Å². The van der Waals surface area contributed by atoms with Gasteiger partial charge < -0.3 is 15.7 Å². The van der Waals surface area contributed by atoms with Crippen LogP contribution in [0.15, 0.2) is 16.8 Å². The van der Waals surface area contributed by atoms with Crippen LogP contribution in [0.4, 0.5) is 0 Å². The molecule has 3 nitrogen and oxygen atoms in total. The molecule has 0 bridgehead atoms. The predicted molar refractivity (Wildman–Crippen MR) is 60.6 cm³/mol. The van der Waals surface area contributed by atoms with Crippen LogP contribution in [0.2, 0.25) is 0 Å². The van der Waals surface area contributed by atoms with E-state index in [9.17, 15) is 0 Å². The van der Waals surface area contributed by atoms with E-state index in [-0.39, 0.29) is 6.10 Å². The fourth-order valence-electron chi connectivity index (χ4n) is 1.11. The van der Waals surface area contributed by atoms with Gasteiger partial charge in [-0.15, -0.1) is 0 Å². The number of aliphatic hydroxyl groups excluding tert-OH is 1. The van der Waals surface area contributed by atoms with Gasteiger partial charge in [0.05, 0.1) is 6.10 Å². The second kappa shape index (κ2) is 6.95. The van der Waals surface area contributed by atoms with Crippen molar-refractivity contribution in [1.82, 2.24) is 10.6 Å². The van der Waals surface area contributed by atoms with Gasteiger partial charge in [0.1, 0.15) is 0 Å². The van der Waals surface area contributed by atoms with E-state index < -0.39 is 0 Å². The first-order valence-electron chi connectivity index (χ1n) is 4.89. The van der Waals surface area contributed by atoms with Gasteiger partial charge in [0.25, 0.3) is 0 Å². The third-order valence-electron chi connectivity index (χ3n) is 1.83. The van der Waals surface area contributed by atoms with Gasteiger partial charge in [0, 0.05) is 26.2 Å². The van der Waals surface area contributed by atoms with Crippen molar-refractivity contribution < 1.29 is 5.11 Å². The molecule has 0 aliphatic carbocycles. The fraction of sp³-hybridized carbons (Fsp3) is 0.600. The van der Waals surface area contributed by atoms with Crippen LogP contribution in [0.1, 0.15) is 12.5 Å². The second-order valence-corrected chi connectivity index (χ2v) is 4.14. The van der Waals surface area contributed by atoms with Gasteiger partial charge in [0.15, 0.2) is 0 Å².